The van der Waals surface area contributed by atoms with E-state index in [1.54, 1.807) is 0 Å². The fourth-order valence-corrected chi connectivity index (χ4v) is 6.16. The second kappa shape index (κ2) is 14.4. The molecule has 0 spiro atoms. The molecule has 1 aromatic rings. The Balaban J connectivity index is 2.19. The van der Waals surface area contributed by atoms with Crippen molar-refractivity contribution in [1.29, 1.82) is 0 Å². The number of hydrogen-bond donors (Lipinski definition) is 0. The van der Waals surface area contributed by atoms with Gasteiger partial charge in [-0.2, -0.15) is 0 Å². The molecule has 1 saturated carbocycles. The molecule has 0 aromatic heterocycles. The number of ether oxygens (including phenoxy) is 2. The van der Waals surface area contributed by atoms with Crippen LogP contribution in [0.2, 0.25) is 23.2 Å². The molecule has 3 nitrogen and oxygen atoms in total. The lowest BCUT2D eigenvalue weighted by atomic mass is 9.87. The lowest BCUT2D eigenvalue weighted by Gasteiger charge is -2.38. The Morgan fingerprint density at radius 3 is 2.57 bits per heavy atom. The Labute approximate surface area is 232 Å². The highest BCUT2D eigenvalue weighted by Crippen LogP contribution is 2.43. The van der Waals surface area contributed by atoms with Crippen molar-refractivity contribution in [2.24, 2.45) is 17.8 Å². The summed E-state index contributed by atoms with van der Waals surface area (Å²) in [5.41, 5.74) is 0. The van der Waals surface area contributed by atoms with E-state index in [0.717, 1.165) is 43.6 Å². The summed E-state index contributed by atoms with van der Waals surface area (Å²) in [5, 5.41) is 0.769. The Hall–Kier alpha value is -1.75. The van der Waals surface area contributed by atoms with Crippen molar-refractivity contribution < 1.29 is 13.9 Å². The summed E-state index contributed by atoms with van der Waals surface area (Å²) in [6, 6.07) is 7.54. The van der Waals surface area contributed by atoms with Crippen LogP contribution in [0.15, 0.2) is 74.1 Å². The first-order chi connectivity index (χ1) is 17.4. The van der Waals surface area contributed by atoms with Crippen LogP contribution in [0, 0.1) is 17.8 Å². The van der Waals surface area contributed by atoms with Gasteiger partial charge in [0.25, 0.3) is 0 Å². The highest BCUT2D eigenvalue weighted by molar-refractivity contribution is 6.74. The molecule has 1 aromatic carbocycles. The van der Waals surface area contributed by atoms with Crippen LogP contribution in [0.1, 0.15) is 59.8 Å². The average molecular weight is 545 g/mol. The quantitative estimate of drug-likeness (QED) is 0.0951. The van der Waals surface area contributed by atoms with Gasteiger partial charge in [-0.3, -0.25) is 0 Å². The zero-order valence-electron chi connectivity index (χ0n) is 24.0. The lowest BCUT2D eigenvalue weighted by Crippen LogP contribution is -2.45. The lowest BCUT2D eigenvalue weighted by molar-refractivity contribution is 0.0726. The van der Waals surface area contributed by atoms with E-state index in [1.807, 2.05) is 36.4 Å². The van der Waals surface area contributed by atoms with Crippen molar-refractivity contribution in [3.63, 3.8) is 0 Å². The first-order valence-electron chi connectivity index (χ1n) is 13.7. The molecule has 1 aliphatic rings. The van der Waals surface area contributed by atoms with E-state index in [2.05, 4.69) is 72.7 Å². The first-order valence-corrected chi connectivity index (χ1v) is 17.0. The van der Waals surface area contributed by atoms with Gasteiger partial charge in [-0.15, -0.1) is 13.2 Å². The van der Waals surface area contributed by atoms with Gasteiger partial charge in [0.2, 0.25) is 0 Å². The van der Waals surface area contributed by atoms with Gasteiger partial charge in [-0.05, 0) is 73.9 Å². The summed E-state index contributed by atoms with van der Waals surface area (Å²) in [5.74, 6) is 2.87. The van der Waals surface area contributed by atoms with Crippen molar-refractivity contribution in [1.82, 2.24) is 0 Å². The fourth-order valence-electron chi connectivity index (χ4n) is 4.73. The van der Waals surface area contributed by atoms with Crippen molar-refractivity contribution in [3.8, 4) is 5.75 Å². The van der Waals surface area contributed by atoms with Gasteiger partial charge in [0.1, 0.15) is 18.5 Å². The molecular formula is C32H49ClO3Si. The zero-order chi connectivity index (χ0) is 27.6. The number of unbranched alkanes of at least 4 members (excludes halogenated alkanes) is 1. The Morgan fingerprint density at radius 2 is 1.95 bits per heavy atom. The minimum Gasteiger partial charge on any atom is -0.495 e. The third-order valence-corrected chi connectivity index (χ3v) is 12.6. The van der Waals surface area contributed by atoms with Gasteiger partial charge in [-0.25, -0.2) is 0 Å². The molecule has 0 heterocycles. The second-order valence-corrected chi connectivity index (χ2v) is 17.1. The maximum Gasteiger partial charge on any atom is 0.193 e. The second-order valence-electron chi connectivity index (χ2n) is 11.9. The Kier molecular flexibility index (Phi) is 12.3. The smallest absolute Gasteiger partial charge is 0.193 e. The molecule has 0 saturated heterocycles. The number of hydrogen-bond acceptors (Lipinski definition) is 3. The molecule has 206 valence electrons. The third kappa shape index (κ3) is 9.81. The van der Waals surface area contributed by atoms with E-state index in [0.29, 0.717) is 29.4 Å². The van der Waals surface area contributed by atoms with Crippen molar-refractivity contribution in [2.75, 3.05) is 6.61 Å². The molecule has 0 radical (unpaired) electrons. The predicted octanol–water partition coefficient (Wildman–Crippen LogP) is 9.77. The van der Waals surface area contributed by atoms with Crippen molar-refractivity contribution in [2.45, 2.75) is 90.1 Å². The number of benzene rings is 1. The molecular weight excluding hydrogens is 496 g/mol. The van der Waals surface area contributed by atoms with Crippen LogP contribution < -0.4 is 4.74 Å². The van der Waals surface area contributed by atoms with Crippen LogP contribution >= 0.6 is 11.6 Å². The van der Waals surface area contributed by atoms with E-state index in [1.165, 1.54) is 0 Å². The normalized spacial score (nSPS) is 23.1. The highest BCUT2D eigenvalue weighted by atomic mass is 35.5. The molecule has 1 fully saturated rings. The molecule has 0 bridgehead atoms. The molecule has 1 aliphatic carbocycles. The molecule has 37 heavy (non-hydrogen) atoms. The Morgan fingerprint density at radius 1 is 1.22 bits per heavy atom. The largest absolute Gasteiger partial charge is 0.495 e. The summed E-state index contributed by atoms with van der Waals surface area (Å²) in [7, 11) is -2.01. The van der Waals surface area contributed by atoms with Gasteiger partial charge >= 0.3 is 0 Å². The zero-order valence-corrected chi connectivity index (χ0v) is 25.7. The van der Waals surface area contributed by atoms with Crippen LogP contribution in [0.5, 0.6) is 5.75 Å². The van der Waals surface area contributed by atoms with Crippen LogP contribution in [-0.2, 0) is 9.16 Å². The molecule has 0 N–H and O–H groups in total. The predicted molar refractivity (Wildman–Crippen MR) is 162 cm³/mol. The molecule has 0 aliphatic heterocycles. The number of allylic oxidation sites excluding steroid dienone is 4. The van der Waals surface area contributed by atoms with E-state index in [4.69, 9.17) is 25.5 Å². The topological polar surface area (TPSA) is 27.7 Å². The van der Waals surface area contributed by atoms with Crippen molar-refractivity contribution in [3.05, 3.63) is 79.1 Å². The summed E-state index contributed by atoms with van der Waals surface area (Å²) in [4.78, 5) is 0. The SMILES string of the molecule is C=CCCCC(=C)O[C@H]1C[C@@H](C)[C@H](/C=C/C(COc2cccc(Cl)c2)O[Si](C)(C)C(C)(C)C)[C@H]1CC=C. The van der Waals surface area contributed by atoms with E-state index < -0.39 is 8.32 Å². The van der Waals surface area contributed by atoms with E-state index >= 15 is 0 Å². The van der Waals surface area contributed by atoms with Gasteiger partial charge in [0, 0.05) is 17.4 Å². The summed E-state index contributed by atoms with van der Waals surface area (Å²) in [6.07, 6.45) is 13.4. The maximum absolute atomic E-state index is 6.81. The fraction of sp³-hybridized carbons (Fsp3) is 0.562. The van der Waals surface area contributed by atoms with Crippen LogP contribution in [0.25, 0.3) is 0 Å². The molecule has 5 heteroatoms. The van der Waals surface area contributed by atoms with Crippen molar-refractivity contribution >= 4 is 19.9 Å². The maximum atomic E-state index is 6.81. The van der Waals surface area contributed by atoms with Crippen LogP contribution in [0.4, 0.5) is 0 Å². The average Bonchev–Trinajstić information content (AvgIpc) is 3.09. The summed E-state index contributed by atoms with van der Waals surface area (Å²) >= 11 is 6.17. The van der Waals surface area contributed by atoms with Gasteiger partial charge in [-0.1, -0.05) is 76.2 Å². The van der Waals surface area contributed by atoms with E-state index in [9.17, 15) is 0 Å². The molecule has 5 atom stereocenters. The molecule has 2 rings (SSSR count). The minimum absolute atomic E-state index is 0.103. The number of rotatable bonds is 15. The van der Waals surface area contributed by atoms with E-state index in [-0.39, 0.29) is 17.2 Å². The monoisotopic (exact) mass is 544 g/mol. The summed E-state index contributed by atoms with van der Waals surface area (Å²) in [6.45, 7) is 26.2. The standard InChI is InChI=1S/C32H49ClO3Si/c1-10-12-13-16-25(4)35-31-21-24(3)29(30(31)15-11-2)20-19-28(36-37(8,9)32(5,6)7)23-34-27-18-14-17-26(33)22-27/h10-11,14,17-20,22,24,28-31H,1-2,4,12-13,15-16,21,23H2,3,5-9H3/b20-19+/t24-,28?,29+,30-,31+/m1/s1. The first kappa shape index (κ1) is 31.5. The van der Waals surface area contributed by atoms with Gasteiger partial charge < -0.3 is 13.9 Å². The summed E-state index contributed by atoms with van der Waals surface area (Å²) < 4.78 is 19.4. The van der Waals surface area contributed by atoms with Crippen LogP contribution in [0.3, 0.4) is 0 Å². The van der Waals surface area contributed by atoms with Crippen LogP contribution in [-0.4, -0.2) is 27.1 Å². The van der Waals surface area contributed by atoms with Gasteiger partial charge in [0.15, 0.2) is 8.32 Å². The minimum atomic E-state index is -2.01. The Bertz CT molecular complexity index is 917. The third-order valence-electron chi connectivity index (χ3n) is 7.86. The van der Waals surface area contributed by atoms with Gasteiger partial charge in [0.05, 0.1) is 11.9 Å². The highest BCUT2D eigenvalue weighted by Gasteiger charge is 2.41. The molecule has 0 amide bonds. The number of halogens is 1. The molecule has 1 unspecified atom stereocenters.